The van der Waals surface area contributed by atoms with Gasteiger partial charge in [0.05, 0.1) is 31.3 Å². The number of carboxylic acid groups (broad SMARTS) is 1. The highest BCUT2D eigenvalue weighted by Gasteiger charge is 2.46. The van der Waals surface area contributed by atoms with Crippen molar-refractivity contribution in [3.05, 3.63) is 29.8 Å². The smallest absolute Gasteiger partial charge is 0.326 e. The summed E-state index contributed by atoms with van der Waals surface area (Å²) in [6, 6.07) is -22.9. The number of aliphatic carboxylic acids is 1. The van der Waals surface area contributed by atoms with Crippen LogP contribution in [0, 0.1) is 29.6 Å². The van der Waals surface area contributed by atoms with Gasteiger partial charge < -0.3 is 149 Å². The van der Waals surface area contributed by atoms with E-state index in [1.165, 1.54) is 61.6 Å². The number of aliphatic hydroxyl groups is 3. The summed E-state index contributed by atoms with van der Waals surface area (Å²) in [7, 11) is 0. The Labute approximate surface area is 889 Å². The Balaban J connectivity index is 1.91. The molecule has 0 saturated carbocycles. The summed E-state index contributed by atoms with van der Waals surface area (Å²) in [6.07, 6.45) is -0.0580. The summed E-state index contributed by atoms with van der Waals surface area (Å²) in [6.45, 7) is 18.3. The lowest BCUT2D eigenvalue weighted by Crippen LogP contribution is -2.62. The lowest BCUT2D eigenvalue weighted by Gasteiger charge is -2.32. The molecule has 0 bridgehead atoms. The fourth-order valence-electron chi connectivity index (χ4n) is 16.4. The number of thioether (sulfide) groups is 2. The van der Waals surface area contributed by atoms with Crippen LogP contribution in [0.4, 0.5) is 0 Å². The predicted molar refractivity (Wildman–Crippen MR) is 563 cm³/mol. The largest absolute Gasteiger partial charge is 0.508 e. The second-order valence-corrected chi connectivity index (χ2v) is 41.9. The average Bonchev–Trinajstić information content (AvgIpc) is 1.69. The third-order valence-corrected chi connectivity index (χ3v) is 27.0. The summed E-state index contributed by atoms with van der Waals surface area (Å²) in [5.41, 5.74) is 29.1. The Morgan fingerprint density at radius 1 is 0.403 bits per heavy atom. The Bertz CT molecular complexity index is 4610. The van der Waals surface area contributed by atoms with E-state index in [1.807, 2.05) is 0 Å². The highest BCUT2D eigenvalue weighted by molar-refractivity contribution is 7.98. The molecule has 2 heterocycles. The van der Waals surface area contributed by atoms with E-state index in [0.29, 0.717) is 24.2 Å². The fourth-order valence-corrected chi connectivity index (χ4v) is 17.9. The molecule has 842 valence electrons. The van der Waals surface area contributed by atoms with Crippen molar-refractivity contribution in [2.45, 2.75) is 339 Å². The maximum atomic E-state index is 14.9. The topological polar surface area (TPSA) is 789 Å². The maximum absolute atomic E-state index is 14.9. The molecule has 2 aliphatic rings. The van der Waals surface area contributed by atoms with Gasteiger partial charge in [-0.3, -0.25) is 95.9 Å². The van der Waals surface area contributed by atoms with Gasteiger partial charge in [-0.1, -0.05) is 87.8 Å². The van der Waals surface area contributed by atoms with Crippen LogP contribution in [0.1, 0.15) is 211 Å². The van der Waals surface area contributed by atoms with Crippen molar-refractivity contribution in [2.75, 3.05) is 68.3 Å². The van der Waals surface area contributed by atoms with Crippen molar-refractivity contribution in [1.82, 2.24) is 94.9 Å². The minimum Gasteiger partial charge on any atom is -0.508 e. The number of hydrogen-bond acceptors (Lipinski definition) is 32. The normalized spacial score (nSPS) is 17.5. The van der Waals surface area contributed by atoms with E-state index in [9.17, 15) is 126 Å². The Kier molecular flexibility index (Phi) is 60.4. The molecule has 0 aromatic heterocycles. The number of rotatable bonds is 70. The number of amides is 20. The number of aliphatic hydroxyl groups excluding tert-OH is 3. The van der Waals surface area contributed by atoms with E-state index in [-0.39, 0.29) is 158 Å². The number of carbonyl (C=O) groups excluding carboxylic acids is 20. The zero-order chi connectivity index (χ0) is 113. The number of unbranched alkanes of at least 4 members (excludes halogenated alkanes) is 2. The first-order valence-corrected chi connectivity index (χ1v) is 54.6. The molecule has 149 heavy (non-hydrogen) atoms. The van der Waals surface area contributed by atoms with Crippen molar-refractivity contribution >= 4 is 173 Å². The van der Waals surface area contributed by atoms with Gasteiger partial charge in [-0.05, 0) is 201 Å². The quantitative estimate of drug-likeness (QED) is 0.0214. The van der Waals surface area contributed by atoms with E-state index >= 15 is 0 Å². The maximum Gasteiger partial charge on any atom is 0.326 e. The molecule has 49 nitrogen and oxygen atoms in total. The van der Waals surface area contributed by atoms with Crippen LogP contribution < -0.4 is 114 Å². The third kappa shape index (κ3) is 45.6. The van der Waals surface area contributed by atoms with Gasteiger partial charge in [-0.25, -0.2) is 4.79 Å². The van der Waals surface area contributed by atoms with Crippen LogP contribution in [-0.4, -0.2) is 355 Å². The lowest BCUT2D eigenvalue weighted by molar-refractivity contribution is -0.144. The fraction of sp³-hybridized carbons (Fsp3) is 0.719. The van der Waals surface area contributed by atoms with Gasteiger partial charge in [0.1, 0.15) is 115 Å². The molecule has 0 aliphatic carbocycles. The van der Waals surface area contributed by atoms with E-state index in [2.05, 4.69) is 110 Å². The molecule has 22 atom stereocenters. The number of phenols is 1. The molecule has 0 spiro atoms. The third-order valence-electron chi connectivity index (χ3n) is 25.0. The molecule has 53 heteroatoms. The SMILES string of the molecule is CC[C@H](C)[C@H](NC(=O)[C@@H]1CCCN1C(=O)[C@H](CC(N)=O)NC(=O)[C@H](CCSC)NC(=O)[C@H](CC(C)C)NC(=O)[C@H](CC(C)C)NC(=O)[C@@H](NC(=O)[C@H](CO)NC(=O)[C@@H](N)CCSC)[C@@H](C)O)C(=O)N[C@@H](CCCCN)C(=O)N[C@@H](CS)C(=O)N[C@H](C(=O)N1CCC[C@H]1C(=O)N[C@@H](Cc1ccc(O)cc1)C(=O)N[C@@H](CS)C(=O)N[C@@H](CCCCN)C(=O)N[C@@H](CC(C)C)C(=O)N[C@@H](CCC(N)=O)C(=O)N[C@H](C(=O)O)C(C)C)[C@@H](C)O. The average molecular weight is 2180 g/mol. The summed E-state index contributed by atoms with van der Waals surface area (Å²) in [5, 5.41) is 93.1. The molecule has 2 saturated heterocycles. The standard InChI is InChI=1S/C96H163N23O26S4/c1-15-52(10)75(115-91(139)71-25-20-36-118(71)94(142)66(44-73(101)125)110-81(129)61(33-39-149-14)104-84(132)63(41-49(4)5)107-85(133)64(42-50(6)7)109-93(141)76(53(11)121)116-87(135)67(45-120)111-78(126)57(99)32-38-148-13)92(140)105-59(23-17-19-35-98)80(128)112-69(47-147)89(137)117-77(54(12)122)95(143)119-37-21-24-70(119)90(138)108-65(43-55-26-28-56(123)29-27-55)86(134)113-68(46-146)88(136)102-58(22-16-18-34-97)79(127)106-62(40-48(2)3)83(131)103-60(30-31-72(100)124)82(130)114-74(51(8)9)96(144)145/h26-29,48-54,57-71,74-77,120-123,146-147H,15-25,30-47,97-99H2,1-14H3,(H2,100,124)(H2,101,125)(H,102,136)(H,103,131)(H,104,132)(H,105,140)(H,106,127)(H,107,133)(H,108,138)(H,109,141)(H,110,129)(H,111,126)(H,112,128)(H,113,134)(H,114,130)(H,115,139)(H,116,135)(H,117,137)(H,144,145)/t52-,53+,54+,57-,58-,59-,60-,61-,62-,63-,64-,65-,66-,67-,68-,69-,70-,71-,74-,75-,76-,77-/m0/s1. The van der Waals surface area contributed by atoms with Gasteiger partial charge in [0.2, 0.25) is 118 Å². The van der Waals surface area contributed by atoms with E-state index < -0.39 is 294 Å². The van der Waals surface area contributed by atoms with Crippen LogP contribution in [0.2, 0.25) is 0 Å². The van der Waals surface area contributed by atoms with Crippen molar-refractivity contribution in [1.29, 1.82) is 0 Å². The number of carbonyl (C=O) groups is 21. The first-order chi connectivity index (χ1) is 70.2. The van der Waals surface area contributed by atoms with Crippen molar-refractivity contribution in [3.8, 4) is 5.75 Å². The van der Waals surface area contributed by atoms with Gasteiger partial charge in [0, 0.05) is 37.4 Å². The van der Waals surface area contributed by atoms with Crippen molar-refractivity contribution in [3.63, 3.8) is 0 Å². The van der Waals surface area contributed by atoms with Crippen LogP contribution in [0.25, 0.3) is 0 Å². The number of hydrogen-bond donors (Lipinski definition) is 28. The lowest BCUT2D eigenvalue weighted by atomic mass is 9.96. The second-order valence-electron chi connectivity index (χ2n) is 39.2. The first kappa shape index (κ1) is 132. The number of nitrogens with one attached hydrogen (secondary N) is 16. The van der Waals surface area contributed by atoms with Gasteiger partial charge in [0.25, 0.3) is 0 Å². The number of carboxylic acids is 1. The number of primary amides is 2. The second kappa shape index (κ2) is 68.1. The summed E-state index contributed by atoms with van der Waals surface area (Å²) in [5.74, 6) is -22.7. The number of phenolic OH excluding ortho intramolecular Hbond substituents is 1. The number of thiol groups is 2. The number of likely N-dealkylation sites (tertiary alicyclic amines) is 2. The van der Waals surface area contributed by atoms with Gasteiger partial charge in [-0.15, -0.1) is 0 Å². The van der Waals surface area contributed by atoms with Crippen LogP contribution in [-0.2, 0) is 107 Å². The van der Waals surface area contributed by atoms with Crippen molar-refractivity contribution < 1.29 is 126 Å². The summed E-state index contributed by atoms with van der Waals surface area (Å²) < 4.78 is 0. The first-order valence-electron chi connectivity index (χ1n) is 50.5. The molecule has 0 unspecified atom stereocenters. The van der Waals surface area contributed by atoms with E-state index in [4.69, 9.17) is 28.7 Å². The molecule has 3 rings (SSSR count). The highest BCUT2D eigenvalue weighted by atomic mass is 32.2. The zero-order valence-electron chi connectivity index (χ0n) is 87.6. The predicted octanol–water partition coefficient (Wildman–Crippen LogP) is -5.56. The zero-order valence-corrected chi connectivity index (χ0v) is 91.0. The monoisotopic (exact) mass is 2180 g/mol. The summed E-state index contributed by atoms with van der Waals surface area (Å²) >= 11 is 11.4. The van der Waals surface area contributed by atoms with Gasteiger partial charge >= 0.3 is 5.97 Å². The Morgan fingerprint density at radius 2 is 0.758 bits per heavy atom. The number of benzene rings is 1. The molecular formula is C96H163N23O26S4. The number of nitrogens with two attached hydrogens (primary N) is 5. The molecule has 2 fully saturated rings. The highest BCUT2D eigenvalue weighted by Crippen LogP contribution is 2.25. The molecular weight excluding hydrogens is 2020 g/mol. The van der Waals surface area contributed by atoms with Gasteiger partial charge in [-0.2, -0.15) is 48.8 Å². The minimum absolute atomic E-state index is 0.000390. The molecule has 1 aromatic carbocycles. The van der Waals surface area contributed by atoms with Crippen LogP contribution in [0.3, 0.4) is 0 Å². The van der Waals surface area contributed by atoms with Crippen LogP contribution in [0.15, 0.2) is 24.3 Å². The van der Waals surface area contributed by atoms with E-state index in [1.54, 1.807) is 81.7 Å². The van der Waals surface area contributed by atoms with Crippen LogP contribution >= 0.6 is 48.8 Å². The number of nitrogens with zero attached hydrogens (tertiary/aromatic N) is 2. The molecule has 20 amide bonds. The minimum atomic E-state index is -1.83. The molecule has 31 N–H and O–H groups in total. The van der Waals surface area contributed by atoms with E-state index in [0.717, 1.165) is 9.80 Å². The Morgan fingerprint density at radius 3 is 1.17 bits per heavy atom. The Hall–Kier alpha value is -10.9. The molecule has 2 aliphatic heterocycles. The molecule has 1 aromatic rings. The van der Waals surface area contributed by atoms with Crippen molar-refractivity contribution in [2.24, 2.45) is 58.3 Å². The molecule has 0 radical (unpaired) electrons. The summed E-state index contributed by atoms with van der Waals surface area (Å²) in [4.78, 5) is 297. The van der Waals surface area contributed by atoms with Crippen LogP contribution in [0.5, 0.6) is 5.75 Å². The number of aromatic hydroxyl groups is 1. The van der Waals surface area contributed by atoms with Gasteiger partial charge in [0.15, 0.2) is 0 Å².